The maximum absolute atomic E-state index is 10.5. The van der Waals surface area contributed by atoms with Crippen molar-refractivity contribution < 1.29 is 14.7 Å². The molecule has 0 aromatic rings. The number of hydrogen-bond donors (Lipinski definition) is 2. The van der Waals surface area contributed by atoms with Gasteiger partial charge in [0.15, 0.2) is 0 Å². The maximum atomic E-state index is 10.5. The average molecular weight is 169 g/mol. The monoisotopic (exact) mass is 169 g/mol. The number of carboxylic acids is 1. The number of aldehydes is 1. The minimum atomic E-state index is -0.852. The molecule has 0 unspecified atom stereocenters. The van der Waals surface area contributed by atoms with Crippen LogP contribution in [-0.2, 0) is 9.59 Å². The van der Waals surface area contributed by atoms with Gasteiger partial charge in [0, 0.05) is 18.7 Å². The van der Waals surface area contributed by atoms with Crippen LogP contribution < -0.4 is 5.32 Å². The molecule has 0 aromatic heterocycles. The number of carbonyl (C=O) groups is 2. The summed E-state index contributed by atoms with van der Waals surface area (Å²) in [6.45, 7) is 0.537. The van der Waals surface area contributed by atoms with Gasteiger partial charge in [0.1, 0.15) is 6.29 Å². The lowest BCUT2D eigenvalue weighted by Crippen LogP contribution is -2.25. The van der Waals surface area contributed by atoms with Crippen LogP contribution in [0.5, 0.6) is 0 Å². The predicted molar refractivity (Wildman–Crippen MR) is 42.6 cm³/mol. The van der Waals surface area contributed by atoms with Crippen LogP contribution >= 0.6 is 0 Å². The molecule has 4 nitrogen and oxygen atoms in total. The Labute approximate surface area is 70.3 Å². The van der Waals surface area contributed by atoms with Gasteiger partial charge in [-0.25, -0.2) is 4.79 Å². The molecule has 0 saturated carbocycles. The van der Waals surface area contributed by atoms with Gasteiger partial charge in [0.05, 0.1) is 5.57 Å². The largest absolute Gasteiger partial charge is 0.478 e. The molecule has 0 aliphatic heterocycles. The first-order valence-corrected chi connectivity index (χ1v) is 3.88. The highest BCUT2D eigenvalue weighted by molar-refractivity contribution is 5.89. The Morgan fingerprint density at radius 1 is 1.58 bits per heavy atom. The van der Waals surface area contributed by atoms with Gasteiger partial charge < -0.3 is 15.2 Å². The van der Waals surface area contributed by atoms with Crippen molar-refractivity contribution in [2.24, 2.45) is 0 Å². The second-order valence-corrected chi connectivity index (χ2v) is 2.64. The van der Waals surface area contributed by atoms with Crippen molar-refractivity contribution in [1.29, 1.82) is 0 Å². The van der Waals surface area contributed by atoms with Crippen LogP contribution in [0.15, 0.2) is 11.3 Å². The fraction of sp³-hybridized carbons (Fsp3) is 0.500. The molecule has 1 rings (SSSR count). The first-order chi connectivity index (χ1) is 5.75. The highest BCUT2D eigenvalue weighted by Gasteiger charge is 2.22. The summed E-state index contributed by atoms with van der Waals surface area (Å²) < 4.78 is 0. The Morgan fingerprint density at radius 3 is 2.75 bits per heavy atom. The Balaban J connectivity index is 2.37. The number of rotatable bonds is 5. The first-order valence-electron chi connectivity index (χ1n) is 3.88. The lowest BCUT2D eigenvalue weighted by Gasteiger charge is -2.21. The zero-order valence-corrected chi connectivity index (χ0v) is 6.67. The van der Waals surface area contributed by atoms with Gasteiger partial charge in [-0.05, 0) is 12.8 Å². The Bertz CT molecular complexity index is 232. The highest BCUT2D eigenvalue weighted by atomic mass is 16.4. The molecule has 0 bridgehead atoms. The fourth-order valence-corrected chi connectivity index (χ4v) is 1.09. The van der Waals surface area contributed by atoms with Crippen molar-refractivity contribution in [1.82, 2.24) is 5.32 Å². The lowest BCUT2D eigenvalue weighted by atomic mass is 9.94. The van der Waals surface area contributed by atoms with Crippen molar-refractivity contribution in [2.75, 3.05) is 6.54 Å². The van der Waals surface area contributed by atoms with E-state index in [1.807, 2.05) is 0 Å². The van der Waals surface area contributed by atoms with E-state index in [1.165, 1.54) is 0 Å². The summed E-state index contributed by atoms with van der Waals surface area (Å²) in [7, 11) is 0. The normalized spacial score (nSPS) is 15.3. The van der Waals surface area contributed by atoms with E-state index in [-0.39, 0.29) is 0 Å². The van der Waals surface area contributed by atoms with Crippen LogP contribution in [0.2, 0.25) is 0 Å². The summed E-state index contributed by atoms with van der Waals surface area (Å²) >= 11 is 0. The van der Waals surface area contributed by atoms with Gasteiger partial charge in [-0.15, -0.1) is 0 Å². The molecule has 66 valence electrons. The SMILES string of the molecule is O=CCCNC1=C(C(=O)O)CC1. The number of hydrogen-bond acceptors (Lipinski definition) is 3. The van der Waals surface area contributed by atoms with Gasteiger partial charge in [-0.3, -0.25) is 0 Å². The van der Waals surface area contributed by atoms with Crippen LogP contribution in [-0.4, -0.2) is 23.9 Å². The summed E-state index contributed by atoms with van der Waals surface area (Å²) in [5.41, 5.74) is 1.24. The molecule has 0 fully saturated rings. The van der Waals surface area contributed by atoms with Crippen LogP contribution in [0.1, 0.15) is 19.3 Å². The molecule has 0 atom stereocenters. The Kier molecular flexibility index (Phi) is 2.85. The summed E-state index contributed by atoms with van der Waals surface area (Å²) in [6.07, 6.45) is 2.67. The molecule has 0 spiro atoms. The maximum Gasteiger partial charge on any atom is 0.333 e. The molecule has 1 aliphatic carbocycles. The van der Waals surface area contributed by atoms with Crippen LogP contribution in [0.3, 0.4) is 0 Å². The van der Waals surface area contributed by atoms with Crippen molar-refractivity contribution in [3.63, 3.8) is 0 Å². The van der Waals surface area contributed by atoms with Crippen molar-refractivity contribution in [2.45, 2.75) is 19.3 Å². The zero-order valence-electron chi connectivity index (χ0n) is 6.67. The van der Waals surface area contributed by atoms with E-state index in [0.29, 0.717) is 25.0 Å². The third-order valence-corrected chi connectivity index (χ3v) is 1.85. The minimum absolute atomic E-state index is 0.427. The Hall–Kier alpha value is -1.32. The van der Waals surface area contributed by atoms with E-state index in [9.17, 15) is 9.59 Å². The van der Waals surface area contributed by atoms with Gasteiger partial charge >= 0.3 is 5.97 Å². The Morgan fingerprint density at radius 2 is 2.33 bits per heavy atom. The zero-order chi connectivity index (χ0) is 8.97. The average Bonchev–Trinajstić information content (AvgIpc) is 1.94. The quantitative estimate of drug-likeness (QED) is 0.458. The molecular weight excluding hydrogens is 158 g/mol. The van der Waals surface area contributed by atoms with E-state index < -0.39 is 5.97 Å². The number of aliphatic carboxylic acids is 1. The van der Waals surface area contributed by atoms with Crippen molar-refractivity contribution >= 4 is 12.3 Å². The minimum Gasteiger partial charge on any atom is -0.478 e. The standard InChI is InChI=1S/C8H11NO3/c10-5-1-4-9-7-3-2-6(7)8(11)12/h5,9H,1-4H2,(H,11,12). The topological polar surface area (TPSA) is 66.4 Å². The molecule has 2 N–H and O–H groups in total. The molecule has 0 heterocycles. The van der Waals surface area contributed by atoms with E-state index in [4.69, 9.17) is 5.11 Å². The molecular formula is C8H11NO3. The van der Waals surface area contributed by atoms with Crippen molar-refractivity contribution in [3.05, 3.63) is 11.3 Å². The number of allylic oxidation sites excluding steroid dienone is 1. The second kappa shape index (κ2) is 3.90. The number of carboxylic acid groups (broad SMARTS) is 1. The molecule has 12 heavy (non-hydrogen) atoms. The first kappa shape index (κ1) is 8.77. The van der Waals surface area contributed by atoms with Gasteiger partial charge in [-0.1, -0.05) is 0 Å². The summed E-state index contributed by atoms with van der Waals surface area (Å²) in [5, 5.41) is 11.5. The van der Waals surface area contributed by atoms with Crippen LogP contribution in [0.4, 0.5) is 0 Å². The molecule has 1 aliphatic rings. The van der Waals surface area contributed by atoms with Gasteiger partial charge in [0.25, 0.3) is 0 Å². The van der Waals surface area contributed by atoms with Crippen molar-refractivity contribution in [3.8, 4) is 0 Å². The molecule has 0 amide bonds. The van der Waals surface area contributed by atoms with Crippen LogP contribution in [0, 0.1) is 0 Å². The van der Waals surface area contributed by atoms with Crippen LogP contribution in [0.25, 0.3) is 0 Å². The molecule has 4 heteroatoms. The fourth-order valence-electron chi connectivity index (χ4n) is 1.09. The molecule has 0 radical (unpaired) electrons. The molecule has 0 saturated heterocycles. The van der Waals surface area contributed by atoms with E-state index >= 15 is 0 Å². The van der Waals surface area contributed by atoms with Gasteiger partial charge in [-0.2, -0.15) is 0 Å². The summed E-state index contributed by atoms with van der Waals surface area (Å²) in [4.78, 5) is 20.4. The van der Waals surface area contributed by atoms with Gasteiger partial charge in [0.2, 0.25) is 0 Å². The third-order valence-electron chi connectivity index (χ3n) is 1.85. The van der Waals surface area contributed by atoms with E-state index in [0.717, 1.165) is 18.4 Å². The summed E-state index contributed by atoms with van der Waals surface area (Å²) in [5.74, 6) is -0.852. The number of carbonyl (C=O) groups excluding carboxylic acids is 1. The molecule has 0 aromatic carbocycles. The van der Waals surface area contributed by atoms with E-state index in [1.54, 1.807) is 0 Å². The highest BCUT2D eigenvalue weighted by Crippen LogP contribution is 2.25. The third kappa shape index (κ3) is 1.84. The smallest absolute Gasteiger partial charge is 0.333 e. The second-order valence-electron chi connectivity index (χ2n) is 2.64. The number of nitrogens with one attached hydrogen (secondary N) is 1. The predicted octanol–water partition coefficient (Wildman–Crippen LogP) is 0.297. The summed E-state index contributed by atoms with van der Waals surface area (Å²) in [6, 6.07) is 0. The van der Waals surface area contributed by atoms with E-state index in [2.05, 4.69) is 5.32 Å². The lowest BCUT2D eigenvalue weighted by molar-refractivity contribution is -0.133.